The third-order valence-corrected chi connectivity index (χ3v) is 6.01. The average Bonchev–Trinajstić information content (AvgIpc) is 2.80. The third-order valence-electron chi connectivity index (χ3n) is 6.01. The molecule has 0 spiro atoms. The summed E-state index contributed by atoms with van der Waals surface area (Å²) in [6, 6.07) is 6.09. The van der Waals surface area contributed by atoms with Crippen molar-refractivity contribution in [1.82, 2.24) is 15.5 Å². The highest BCUT2D eigenvalue weighted by atomic mass is 16.6. The molecule has 0 aliphatic heterocycles. The van der Waals surface area contributed by atoms with Crippen LogP contribution in [-0.4, -0.2) is 47.5 Å². The van der Waals surface area contributed by atoms with Crippen LogP contribution in [0.15, 0.2) is 24.3 Å². The minimum atomic E-state index is -0.838. The van der Waals surface area contributed by atoms with E-state index in [-0.39, 0.29) is 11.8 Å². The number of carbonyl (C=O) groups is 3. The molecular weight excluding hydrogens is 454 g/mol. The highest BCUT2D eigenvalue weighted by Crippen LogP contribution is 2.26. The Morgan fingerprint density at radius 2 is 1.56 bits per heavy atom. The van der Waals surface area contributed by atoms with E-state index in [1.54, 1.807) is 32.6 Å². The van der Waals surface area contributed by atoms with E-state index in [0.29, 0.717) is 13.1 Å². The molecule has 36 heavy (non-hydrogen) atoms. The predicted molar refractivity (Wildman–Crippen MR) is 146 cm³/mol. The Kier molecular flexibility index (Phi) is 14.2. The van der Waals surface area contributed by atoms with Gasteiger partial charge in [0.15, 0.2) is 0 Å². The van der Waals surface area contributed by atoms with Crippen molar-refractivity contribution in [2.24, 2.45) is 0 Å². The first-order chi connectivity index (χ1) is 17.0. The smallest absolute Gasteiger partial charge is 0.408 e. The lowest BCUT2D eigenvalue weighted by molar-refractivity contribution is -0.142. The van der Waals surface area contributed by atoms with Gasteiger partial charge < -0.3 is 20.3 Å². The van der Waals surface area contributed by atoms with Gasteiger partial charge in [-0.1, -0.05) is 76.6 Å². The number of unbranched alkanes of at least 4 members (excludes halogenated alkanes) is 6. The largest absolute Gasteiger partial charge is 0.444 e. The highest BCUT2D eigenvalue weighted by Gasteiger charge is 2.35. The quantitative estimate of drug-likeness (QED) is 0.285. The van der Waals surface area contributed by atoms with Crippen LogP contribution in [0.2, 0.25) is 0 Å². The molecule has 0 aliphatic rings. The number of benzene rings is 1. The van der Waals surface area contributed by atoms with Gasteiger partial charge in [-0.15, -0.1) is 0 Å². The van der Waals surface area contributed by atoms with Gasteiger partial charge in [0, 0.05) is 13.1 Å². The Morgan fingerprint density at radius 1 is 0.944 bits per heavy atom. The molecule has 204 valence electrons. The molecule has 0 radical (unpaired) electrons. The van der Waals surface area contributed by atoms with E-state index in [9.17, 15) is 14.4 Å². The molecule has 7 nitrogen and oxygen atoms in total. The van der Waals surface area contributed by atoms with Gasteiger partial charge in [0.05, 0.1) is 0 Å². The van der Waals surface area contributed by atoms with Gasteiger partial charge in [0.2, 0.25) is 11.8 Å². The van der Waals surface area contributed by atoms with E-state index in [2.05, 4.69) is 24.5 Å². The second-order valence-electron chi connectivity index (χ2n) is 10.6. The molecule has 2 atom stereocenters. The number of nitrogens with one attached hydrogen (secondary N) is 2. The van der Waals surface area contributed by atoms with Crippen molar-refractivity contribution in [3.63, 3.8) is 0 Å². The fourth-order valence-electron chi connectivity index (χ4n) is 4.07. The number of hydrogen-bond donors (Lipinski definition) is 2. The summed E-state index contributed by atoms with van der Waals surface area (Å²) in [6.45, 7) is 14.2. The minimum absolute atomic E-state index is 0.188. The van der Waals surface area contributed by atoms with Crippen LogP contribution in [0.25, 0.3) is 0 Å². The molecule has 7 heteroatoms. The summed E-state index contributed by atoms with van der Waals surface area (Å²) in [5.41, 5.74) is 1.08. The van der Waals surface area contributed by atoms with Crippen molar-refractivity contribution in [1.29, 1.82) is 0 Å². The van der Waals surface area contributed by atoms with E-state index >= 15 is 0 Å². The van der Waals surface area contributed by atoms with E-state index in [1.165, 1.54) is 0 Å². The lowest BCUT2D eigenvalue weighted by Gasteiger charge is -2.34. The molecule has 0 saturated heterocycles. The van der Waals surface area contributed by atoms with Crippen LogP contribution in [0, 0.1) is 6.92 Å². The summed E-state index contributed by atoms with van der Waals surface area (Å²) in [7, 11) is 0. The summed E-state index contributed by atoms with van der Waals surface area (Å²) >= 11 is 0. The number of amides is 3. The molecule has 2 N–H and O–H groups in total. The molecule has 0 saturated carbocycles. The number of alkyl carbamates (subject to hydrolysis) is 1. The van der Waals surface area contributed by atoms with Crippen molar-refractivity contribution in [2.45, 2.75) is 118 Å². The van der Waals surface area contributed by atoms with Gasteiger partial charge >= 0.3 is 6.09 Å². The molecular formula is C29H49N3O4. The topological polar surface area (TPSA) is 87.7 Å². The number of nitrogens with zero attached hydrogens (tertiary/aromatic N) is 1. The molecule has 0 aromatic heterocycles. The molecule has 1 aromatic carbocycles. The number of carbonyl (C=O) groups excluding carboxylic acids is 3. The third kappa shape index (κ3) is 11.4. The zero-order chi connectivity index (χ0) is 27.1. The molecule has 0 heterocycles. The summed E-state index contributed by atoms with van der Waals surface area (Å²) < 4.78 is 5.35. The Morgan fingerprint density at radius 3 is 2.17 bits per heavy atom. The van der Waals surface area contributed by atoms with E-state index < -0.39 is 23.8 Å². The average molecular weight is 504 g/mol. The maximum Gasteiger partial charge on any atom is 0.408 e. The molecule has 2 unspecified atom stereocenters. The van der Waals surface area contributed by atoms with Gasteiger partial charge in [0.25, 0.3) is 0 Å². The van der Waals surface area contributed by atoms with Gasteiger partial charge in [-0.25, -0.2) is 4.79 Å². The Labute approximate surface area is 218 Å². The minimum Gasteiger partial charge on any atom is -0.444 e. The second kappa shape index (κ2) is 16.2. The Balaban J connectivity index is 3.24. The molecule has 3 amide bonds. The van der Waals surface area contributed by atoms with E-state index in [1.807, 2.05) is 31.2 Å². The predicted octanol–water partition coefficient (Wildman–Crippen LogP) is 6.05. The zero-order valence-corrected chi connectivity index (χ0v) is 23.6. The zero-order valence-electron chi connectivity index (χ0n) is 23.6. The van der Waals surface area contributed by atoms with Crippen LogP contribution >= 0.6 is 0 Å². The molecule has 1 rings (SSSR count). The summed E-state index contributed by atoms with van der Waals surface area (Å²) in [5.74, 6) is -0.486. The monoisotopic (exact) mass is 503 g/mol. The number of rotatable bonds is 15. The van der Waals surface area contributed by atoms with Crippen molar-refractivity contribution in [3.8, 4) is 0 Å². The fourth-order valence-corrected chi connectivity index (χ4v) is 4.07. The summed E-state index contributed by atoms with van der Waals surface area (Å²) in [5, 5.41) is 5.72. The fraction of sp³-hybridized carbons (Fsp3) is 0.690. The van der Waals surface area contributed by atoms with Crippen molar-refractivity contribution in [2.75, 3.05) is 13.1 Å². The Bertz CT molecular complexity index is 819. The van der Waals surface area contributed by atoms with Crippen LogP contribution in [0.4, 0.5) is 4.79 Å². The molecule has 0 bridgehead atoms. The Hall–Kier alpha value is -2.57. The lowest BCUT2D eigenvalue weighted by Crippen LogP contribution is -2.52. The maximum absolute atomic E-state index is 13.7. The van der Waals surface area contributed by atoms with Crippen LogP contribution in [0.3, 0.4) is 0 Å². The van der Waals surface area contributed by atoms with Gasteiger partial charge in [-0.2, -0.15) is 0 Å². The maximum atomic E-state index is 13.7. The summed E-state index contributed by atoms with van der Waals surface area (Å²) in [4.78, 5) is 41.3. The van der Waals surface area contributed by atoms with Crippen LogP contribution in [0.5, 0.6) is 0 Å². The summed E-state index contributed by atoms with van der Waals surface area (Å²) in [6.07, 6.45) is 7.46. The molecule has 1 aromatic rings. The first-order valence-electron chi connectivity index (χ1n) is 13.6. The highest BCUT2D eigenvalue weighted by molar-refractivity contribution is 5.92. The first-order valence-corrected chi connectivity index (χ1v) is 13.6. The van der Waals surface area contributed by atoms with Crippen LogP contribution < -0.4 is 10.6 Å². The van der Waals surface area contributed by atoms with E-state index in [0.717, 1.165) is 62.5 Å². The number of aryl methyl sites for hydroxylation is 1. The molecule has 0 aliphatic carbocycles. The van der Waals surface area contributed by atoms with Crippen molar-refractivity contribution >= 4 is 17.9 Å². The molecule has 0 fully saturated rings. The van der Waals surface area contributed by atoms with Gasteiger partial charge in [0.1, 0.15) is 17.7 Å². The van der Waals surface area contributed by atoms with E-state index in [4.69, 9.17) is 4.74 Å². The standard InChI is InChI=1S/C29H49N3O4/c1-8-10-12-13-17-21-32(27(34)23(4)31-28(35)36-29(5,6)7)25(24-19-15-14-18-22(24)3)26(33)30-20-16-11-9-2/h14-15,18-19,23,25H,8-13,16-17,20-21H2,1-7H3,(H,30,33)(H,31,35). The van der Waals surface area contributed by atoms with Crippen molar-refractivity contribution < 1.29 is 19.1 Å². The lowest BCUT2D eigenvalue weighted by atomic mass is 9.97. The van der Waals surface area contributed by atoms with Gasteiger partial charge in [-0.05, 0) is 58.6 Å². The normalized spacial score (nSPS) is 13.0. The van der Waals surface area contributed by atoms with Crippen LogP contribution in [-0.2, 0) is 14.3 Å². The van der Waals surface area contributed by atoms with Crippen LogP contribution in [0.1, 0.15) is 110 Å². The number of ether oxygens (including phenoxy) is 1. The van der Waals surface area contributed by atoms with Crippen molar-refractivity contribution in [3.05, 3.63) is 35.4 Å². The SMILES string of the molecule is CCCCCCCN(C(=O)C(C)NC(=O)OC(C)(C)C)C(C(=O)NCCCCC)c1ccccc1C. The van der Waals surface area contributed by atoms with Gasteiger partial charge in [-0.3, -0.25) is 9.59 Å². The first kappa shape index (κ1) is 31.5. The number of hydrogen-bond acceptors (Lipinski definition) is 4. The second-order valence-corrected chi connectivity index (χ2v) is 10.6.